The number of nitrogens with one attached hydrogen (secondary N) is 1. The molecule has 0 saturated heterocycles. The summed E-state index contributed by atoms with van der Waals surface area (Å²) < 4.78 is 0. The van der Waals surface area contributed by atoms with Gasteiger partial charge in [0, 0.05) is 23.7 Å². The fourth-order valence-corrected chi connectivity index (χ4v) is 3.02. The summed E-state index contributed by atoms with van der Waals surface area (Å²) in [6.45, 7) is 9.53. The van der Waals surface area contributed by atoms with E-state index in [0.717, 1.165) is 31.9 Å². The Kier molecular flexibility index (Phi) is 6.21. The van der Waals surface area contributed by atoms with Crippen LogP contribution in [0.5, 0.6) is 0 Å². The van der Waals surface area contributed by atoms with Crippen LogP contribution in [-0.2, 0) is 6.54 Å². The van der Waals surface area contributed by atoms with Crippen LogP contribution in [0, 0.1) is 0 Å². The molecule has 3 nitrogen and oxygen atoms in total. The lowest BCUT2D eigenvalue weighted by Gasteiger charge is -2.23. The van der Waals surface area contributed by atoms with Crippen LogP contribution < -0.4 is 10.2 Å². The van der Waals surface area contributed by atoms with E-state index in [2.05, 4.69) is 65.6 Å². The third-order valence-electron chi connectivity index (χ3n) is 3.60. The van der Waals surface area contributed by atoms with Crippen molar-refractivity contribution in [1.82, 2.24) is 10.3 Å². The minimum Gasteiger partial charge on any atom is -0.352 e. The van der Waals surface area contributed by atoms with Gasteiger partial charge in [0.05, 0.1) is 6.54 Å². The Balaban J connectivity index is 2.10. The molecule has 0 radical (unpaired) electrons. The first-order valence-electron chi connectivity index (χ1n) is 7.71. The van der Waals surface area contributed by atoms with E-state index < -0.39 is 0 Å². The molecule has 0 aliphatic heterocycles. The SMILES string of the molecule is CCCNC(C)c1ccnc(N(CC)Cc2cccs2)c1. The summed E-state index contributed by atoms with van der Waals surface area (Å²) in [7, 11) is 0. The summed E-state index contributed by atoms with van der Waals surface area (Å²) in [4.78, 5) is 8.25. The Hall–Kier alpha value is -1.39. The van der Waals surface area contributed by atoms with Gasteiger partial charge in [-0.3, -0.25) is 0 Å². The number of hydrogen-bond acceptors (Lipinski definition) is 4. The number of rotatable bonds is 8. The van der Waals surface area contributed by atoms with Crippen LogP contribution in [-0.4, -0.2) is 18.1 Å². The van der Waals surface area contributed by atoms with Gasteiger partial charge in [-0.15, -0.1) is 11.3 Å². The van der Waals surface area contributed by atoms with Gasteiger partial charge in [-0.2, -0.15) is 0 Å². The van der Waals surface area contributed by atoms with Crippen LogP contribution in [0.1, 0.15) is 43.7 Å². The first-order chi connectivity index (χ1) is 10.2. The van der Waals surface area contributed by atoms with E-state index in [1.54, 1.807) is 11.3 Å². The molecule has 0 aliphatic rings. The van der Waals surface area contributed by atoms with E-state index in [1.807, 2.05) is 6.20 Å². The van der Waals surface area contributed by atoms with Crippen LogP contribution in [0.4, 0.5) is 5.82 Å². The van der Waals surface area contributed by atoms with Crippen molar-refractivity contribution in [3.63, 3.8) is 0 Å². The maximum absolute atomic E-state index is 4.56. The number of anilines is 1. The molecule has 0 bridgehead atoms. The highest BCUT2D eigenvalue weighted by Gasteiger charge is 2.10. The Morgan fingerprint density at radius 3 is 2.86 bits per heavy atom. The molecule has 0 fully saturated rings. The molecule has 2 heterocycles. The number of thiophene rings is 1. The minimum atomic E-state index is 0.368. The minimum absolute atomic E-state index is 0.368. The lowest BCUT2D eigenvalue weighted by atomic mass is 10.1. The third-order valence-corrected chi connectivity index (χ3v) is 4.46. The highest BCUT2D eigenvalue weighted by atomic mass is 32.1. The molecule has 1 atom stereocenters. The van der Waals surface area contributed by atoms with E-state index in [4.69, 9.17) is 0 Å². The summed E-state index contributed by atoms with van der Waals surface area (Å²) in [6.07, 6.45) is 3.08. The molecule has 1 N–H and O–H groups in total. The Bertz CT molecular complexity index is 525. The molecule has 4 heteroatoms. The van der Waals surface area contributed by atoms with Crippen LogP contribution in [0.3, 0.4) is 0 Å². The Morgan fingerprint density at radius 2 is 2.19 bits per heavy atom. The van der Waals surface area contributed by atoms with Crippen molar-refractivity contribution in [2.45, 2.75) is 39.8 Å². The average molecular weight is 303 g/mol. The maximum Gasteiger partial charge on any atom is 0.129 e. The van der Waals surface area contributed by atoms with Crippen molar-refractivity contribution in [2.24, 2.45) is 0 Å². The highest BCUT2D eigenvalue weighted by Crippen LogP contribution is 2.21. The fraction of sp³-hybridized carbons (Fsp3) is 0.471. The second-order valence-corrected chi connectivity index (χ2v) is 6.25. The molecule has 0 saturated carbocycles. The molecular weight excluding hydrogens is 278 g/mol. The summed E-state index contributed by atoms with van der Waals surface area (Å²) in [5, 5.41) is 5.66. The zero-order valence-electron chi connectivity index (χ0n) is 13.2. The summed E-state index contributed by atoms with van der Waals surface area (Å²) >= 11 is 1.80. The van der Waals surface area contributed by atoms with E-state index >= 15 is 0 Å². The van der Waals surface area contributed by atoms with Crippen molar-refractivity contribution in [2.75, 3.05) is 18.0 Å². The molecule has 2 aromatic heterocycles. The van der Waals surface area contributed by atoms with E-state index in [9.17, 15) is 0 Å². The summed E-state index contributed by atoms with van der Waals surface area (Å²) in [5.41, 5.74) is 1.30. The normalized spacial score (nSPS) is 12.3. The lowest BCUT2D eigenvalue weighted by molar-refractivity contribution is 0.570. The molecule has 114 valence electrons. The molecule has 0 aliphatic carbocycles. The molecule has 2 aromatic rings. The van der Waals surface area contributed by atoms with Crippen molar-refractivity contribution in [3.8, 4) is 0 Å². The van der Waals surface area contributed by atoms with Gasteiger partial charge in [0.1, 0.15) is 5.82 Å². The first-order valence-corrected chi connectivity index (χ1v) is 8.59. The largest absolute Gasteiger partial charge is 0.352 e. The zero-order valence-corrected chi connectivity index (χ0v) is 14.0. The van der Waals surface area contributed by atoms with Gasteiger partial charge in [-0.25, -0.2) is 4.98 Å². The number of pyridine rings is 1. The lowest BCUT2D eigenvalue weighted by Crippen LogP contribution is -2.24. The smallest absolute Gasteiger partial charge is 0.129 e. The fourth-order valence-electron chi connectivity index (χ4n) is 2.30. The molecule has 21 heavy (non-hydrogen) atoms. The average Bonchev–Trinajstić information content (AvgIpc) is 3.03. The van der Waals surface area contributed by atoms with E-state index in [0.29, 0.717) is 6.04 Å². The summed E-state index contributed by atoms with van der Waals surface area (Å²) in [6, 6.07) is 8.98. The third kappa shape index (κ3) is 4.55. The van der Waals surface area contributed by atoms with Gasteiger partial charge in [0.2, 0.25) is 0 Å². The second kappa shape index (κ2) is 8.15. The topological polar surface area (TPSA) is 28.2 Å². The van der Waals surface area contributed by atoms with Crippen LogP contribution in [0.25, 0.3) is 0 Å². The molecule has 0 aromatic carbocycles. The van der Waals surface area contributed by atoms with Gasteiger partial charge >= 0.3 is 0 Å². The van der Waals surface area contributed by atoms with E-state index in [-0.39, 0.29) is 0 Å². The van der Waals surface area contributed by atoms with Crippen molar-refractivity contribution < 1.29 is 0 Å². The Morgan fingerprint density at radius 1 is 1.33 bits per heavy atom. The van der Waals surface area contributed by atoms with Gasteiger partial charge in [-0.05, 0) is 56.0 Å². The van der Waals surface area contributed by atoms with E-state index in [1.165, 1.54) is 10.4 Å². The predicted molar refractivity (Wildman–Crippen MR) is 92.0 cm³/mol. The van der Waals surface area contributed by atoms with Crippen LogP contribution >= 0.6 is 11.3 Å². The van der Waals surface area contributed by atoms with Gasteiger partial charge in [0.25, 0.3) is 0 Å². The van der Waals surface area contributed by atoms with Crippen molar-refractivity contribution >= 4 is 17.2 Å². The van der Waals surface area contributed by atoms with Crippen molar-refractivity contribution in [3.05, 3.63) is 46.3 Å². The van der Waals surface area contributed by atoms with Gasteiger partial charge < -0.3 is 10.2 Å². The molecule has 2 rings (SSSR count). The number of nitrogens with zero attached hydrogens (tertiary/aromatic N) is 2. The Labute approximate surface area is 132 Å². The quantitative estimate of drug-likeness (QED) is 0.791. The predicted octanol–water partition coefficient (Wildman–Crippen LogP) is 4.23. The van der Waals surface area contributed by atoms with Crippen molar-refractivity contribution in [1.29, 1.82) is 0 Å². The van der Waals surface area contributed by atoms with Gasteiger partial charge in [-0.1, -0.05) is 13.0 Å². The monoisotopic (exact) mass is 303 g/mol. The summed E-state index contributed by atoms with van der Waals surface area (Å²) in [5.74, 6) is 1.06. The van der Waals surface area contributed by atoms with Crippen LogP contribution in [0.2, 0.25) is 0 Å². The highest BCUT2D eigenvalue weighted by molar-refractivity contribution is 7.09. The molecule has 1 unspecified atom stereocenters. The maximum atomic E-state index is 4.56. The zero-order chi connectivity index (χ0) is 15.1. The first kappa shape index (κ1) is 16.0. The van der Waals surface area contributed by atoms with Crippen LogP contribution in [0.15, 0.2) is 35.8 Å². The number of aromatic nitrogens is 1. The number of hydrogen-bond donors (Lipinski definition) is 1. The molecule has 0 spiro atoms. The standard InChI is InChI=1S/C17H25N3S/c1-4-9-18-14(3)15-8-10-19-17(12-15)20(5-2)13-16-7-6-11-21-16/h6-8,10-12,14,18H,4-5,9,13H2,1-3H3. The van der Waals surface area contributed by atoms with Gasteiger partial charge in [0.15, 0.2) is 0 Å². The molecule has 0 amide bonds. The molecular formula is C17H25N3S. The second-order valence-electron chi connectivity index (χ2n) is 5.22.